The van der Waals surface area contributed by atoms with Crippen LogP contribution in [0.5, 0.6) is 0 Å². The van der Waals surface area contributed by atoms with Crippen LogP contribution in [0.2, 0.25) is 0 Å². The molecule has 6 nitrogen and oxygen atoms in total. The molecule has 1 aliphatic heterocycles. The predicted molar refractivity (Wildman–Crippen MR) is 73.8 cm³/mol. The maximum atomic E-state index is 13.7. The number of amides is 1. The molecule has 0 bridgehead atoms. The number of hydrogen-bond donors (Lipinski definition) is 3. The number of hydrogen-bond acceptors (Lipinski definition) is 4. The molecular weight excluding hydrogens is 279 g/mol. The van der Waals surface area contributed by atoms with E-state index in [9.17, 15) is 14.0 Å². The van der Waals surface area contributed by atoms with Crippen LogP contribution in [0, 0.1) is 11.7 Å². The van der Waals surface area contributed by atoms with Crippen LogP contribution in [0.1, 0.15) is 17.3 Å². The number of benzene rings is 1. The third kappa shape index (κ3) is 3.56. The molecule has 114 valence electrons. The van der Waals surface area contributed by atoms with Crippen molar-refractivity contribution in [1.29, 1.82) is 0 Å². The van der Waals surface area contributed by atoms with Crippen LogP contribution in [0.15, 0.2) is 18.2 Å². The Labute approximate surface area is 121 Å². The third-order valence-electron chi connectivity index (χ3n) is 3.35. The number of aromatic carboxylic acids is 1. The lowest BCUT2D eigenvalue weighted by atomic mass is 10.0. The van der Waals surface area contributed by atoms with Gasteiger partial charge >= 0.3 is 5.97 Å². The molecule has 1 aliphatic rings. The van der Waals surface area contributed by atoms with Crippen molar-refractivity contribution < 1.29 is 23.8 Å². The van der Waals surface area contributed by atoms with Crippen molar-refractivity contribution in [3.63, 3.8) is 0 Å². The van der Waals surface area contributed by atoms with Gasteiger partial charge in [0.1, 0.15) is 5.82 Å². The molecule has 0 saturated carbocycles. The van der Waals surface area contributed by atoms with E-state index < -0.39 is 17.7 Å². The minimum absolute atomic E-state index is 0.0856. The second-order valence-corrected chi connectivity index (χ2v) is 4.80. The molecule has 1 heterocycles. The SMILES string of the molecule is CCNC1COCC1C(=O)Nc1cc(C(=O)O)ccc1F. The number of carboxylic acid groups (broad SMARTS) is 1. The number of carboxylic acids is 1. The number of likely N-dealkylation sites (N-methyl/N-ethyl adjacent to an activating group) is 1. The maximum absolute atomic E-state index is 13.7. The van der Waals surface area contributed by atoms with Crippen LogP contribution < -0.4 is 10.6 Å². The van der Waals surface area contributed by atoms with E-state index in [0.29, 0.717) is 13.2 Å². The normalized spacial score (nSPS) is 21.2. The molecule has 0 spiro atoms. The van der Waals surface area contributed by atoms with Gasteiger partial charge < -0.3 is 20.5 Å². The number of anilines is 1. The lowest BCUT2D eigenvalue weighted by molar-refractivity contribution is -0.120. The van der Waals surface area contributed by atoms with Crippen molar-refractivity contribution in [1.82, 2.24) is 5.32 Å². The van der Waals surface area contributed by atoms with Gasteiger partial charge in [-0.2, -0.15) is 0 Å². The molecular formula is C14H17FN2O4. The van der Waals surface area contributed by atoms with E-state index in [2.05, 4.69) is 10.6 Å². The lowest BCUT2D eigenvalue weighted by Crippen LogP contribution is -2.41. The predicted octanol–water partition coefficient (Wildman–Crippen LogP) is 1.09. The molecule has 3 N–H and O–H groups in total. The largest absolute Gasteiger partial charge is 0.478 e. The van der Waals surface area contributed by atoms with Gasteiger partial charge in [-0.05, 0) is 24.7 Å². The van der Waals surface area contributed by atoms with Crippen molar-refractivity contribution in [3.8, 4) is 0 Å². The van der Waals surface area contributed by atoms with Gasteiger partial charge in [-0.1, -0.05) is 6.92 Å². The van der Waals surface area contributed by atoms with Crippen molar-refractivity contribution in [3.05, 3.63) is 29.6 Å². The number of nitrogens with one attached hydrogen (secondary N) is 2. The fraction of sp³-hybridized carbons (Fsp3) is 0.429. The average Bonchev–Trinajstić information content (AvgIpc) is 2.89. The van der Waals surface area contributed by atoms with E-state index in [1.54, 1.807) is 0 Å². The summed E-state index contributed by atoms with van der Waals surface area (Å²) in [7, 11) is 0. The van der Waals surface area contributed by atoms with Crippen LogP contribution in [0.4, 0.5) is 10.1 Å². The standard InChI is InChI=1S/C14H17FN2O4/c1-2-16-12-7-21-6-9(12)13(18)17-11-5-8(14(19)20)3-4-10(11)15/h3-5,9,12,16H,2,6-7H2,1H3,(H,17,18)(H,19,20). The number of carbonyl (C=O) groups excluding carboxylic acids is 1. The fourth-order valence-corrected chi connectivity index (χ4v) is 2.26. The Morgan fingerprint density at radius 1 is 1.43 bits per heavy atom. The van der Waals surface area contributed by atoms with E-state index in [-0.39, 0.29) is 29.8 Å². The van der Waals surface area contributed by atoms with E-state index in [4.69, 9.17) is 9.84 Å². The molecule has 7 heteroatoms. The molecule has 21 heavy (non-hydrogen) atoms. The second kappa shape index (κ2) is 6.64. The Morgan fingerprint density at radius 3 is 2.86 bits per heavy atom. The Hall–Kier alpha value is -1.99. The van der Waals surface area contributed by atoms with Crippen LogP contribution in [0.25, 0.3) is 0 Å². The van der Waals surface area contributed by atoms with Crippen molar-refractivity contribution in [2.24, 2.45) is 5.92 Å². The highest BCUT2D eigenvalue weighted by Gasteiger charge is 2.33. The lowest BCUT2D eigenvalue weighted by Gasteiger charge is -2.18. The van der Waals surface area contributed by atoms with E-state index >= 15 is 0 Å². The van der Waals surface area contributed by atoms with E-state index in [0.717, 1.165) is 18.2 Å². The first kappa shape index (κ1) is 15.4. The summed E-state index contributed by atoms with van der Waals surface area (Å²) in [4.78, 5) is 23.1. The van der Waals surface area contributed by atoms with E-state index in [1.165, 1.54) is 0 Å². The summed E-state index contributed by atoms with van der Waals surface area (Å²) < 4.78 is 18.9. The van der Waals surface area contributed by atoms with Crippen molar-refractivity contribution in [2.75, 3.05) is 25.1 Å². The van der Waals surface area contributed by atoms with Gasteiger partial charge in [0.25, 0.3) is 0 Å². The summed E-state index contributed by atoms with van der Waals surface area (Å²) in [6, 6.07) is 3.15. The molecule has 0 radical (unpaired) electrons. The summed E-state index contributed by atoms with van der Waals surface area (Å²) in [6.07, 6.45) is 0. The minimum atomic E-state index is -1.18. The third-order valence-corrected chi connectivity index (χ3v) is 3.35. The Bertz CT molecular complexity index is 550. The zero-order chi connectivity index (χ0) is 15.4. The number of rotatable bonds is 5. The van der Waals surface area contributed by atoms with Crippen molar-refractivity contribution >= 4 is 17.6 Å². The smallest absolute Gasteiger partial charge is 0.335 e. The average molecular weight is 296 g/mol. The molecule has 2 atom stereocenters. The van der Waals surface area contributed by atoms with Gasteiger partial charge in [0.05, 0.1) is 30.4 Å². The summed E-state index contributed by atoms with van der Waals surface area (Å²) in [5, 5.41) is 14.5. The highest BCUT2D eigenvalue weighted by molar-refractivity contribution is 5.95. The molecule has 1 saturated heterocycles. The monoisotopic (exact) mass is 296 g/mol. The Kier molecular flexibility index (Phi) is 4.87. The van der Waals surface area contributed by atoms with Crippen LogP contribution in [-0.4, -0.2) is 42.8 Å². The molecule has 0 aromatic heterocycles. The Morgan fingerprint density at radius 2 is 2.19 bits per heavy atom. The maximum Gasteiger partial charge on any atom is 0.335 e. The van der Waals surface area contributed by atoms with Crippen LogP contribution in [0.3, 0.4) is 0 Å². The summed E-state index contributed by atoms with van der Waals surface area (Å²) in [5.74, 6) is -2.68. The fourth-order valence-electron chi connectivity index (χ4n) is 2.26. The molecule has 1 fully saturated rings. The minimum Gasteiger partial charge on any atom is -0.478 e. The van der Waals surface area contributed by atoms with Crippen LogP contribution >= 0.6 is 0 Å². The first-order valence-corrected chi connectivity index (χ1v) is 6.67. The zero-order valence-corrected chi connectivity index (χ0v) is 11.6. The number of ether oxygens (including phenoxy) is 1. The number of halogens is 1. The van der Waals surface area contributed by atoms with Crippen molar-refractivity contribution in [2.45, 2.75) is 13.0 Å². The summed E-state index contributed by atoms with van der Waals surface area (Å²) >= 11 is 0. The molecule has 1 aromatic rings. The van der Waals surface area contributed by atoms with Crippen LogP contribution in [-0.2, 0) is 9.53 Å². The summed E-state index contributed by atoms with van der Waals surface area (Å²) in [5.41, 5.74) is -0.223. The quantitative estimate of drug-likeness (QED) is 0.757. The second-order valence-electron chi connectivity index (χ2n) is 4.80. The van der Waals surface area contributed by atoms with Gasteiger partial charge in [-0.25, -0.2) is 9.18 Å². The highest BCUT2D eigenvalue weighted by atomic mass is 19.1. The zero-order valence-electron chi connectivity index (χ0n) is 11.6. The van der Waals surface area contributed by atoms with Gasteiger partial charge in [0.2, 0.25) is 5.91 Å². The van der Waals surface area contributed by atoms with Gasteiger partial charge in [0, 0.05) is 6.04 Å². The first-order valence-electron chi connectivity index (χ1n) is 6.67. The van der Waals surface area contributed by atoms with E-state index in [1.807, 2.05) is 6.92 Å². The molecule has 1 aromatic carbocycles. The van der Waals surface area contributed by atoms with Gasteiger partial charge in [0.15, 0.2) is 0 Å². The Balaban J connectivity index is 2.12. The van der Waals surface area contributed by atoms with Gasteiger partial charge in [-0.15, -0.1) is 0 Å². The molecule has 0 aliphatic carbocycles. The topological polar surface area (TPSA) is 87.7 Å². The first-order chi connectivity index (χ1) is 10.0. The number of carbonyl (C=O) groups is 2. The summed E-state index contributed by atoms with van der Waals surface area (Å²) in [6.45, 7) is 3.29. The molecule has 2 unspecified atom stereocenters. The highest BCUT2D eigenvalue weighted by Crippen LogP contribution is 2.20. The van der Waals surface area contributed by atoms with Gasteiger partial charge in [-0.3, -0.25) is 4.79 Å². The molecule has 1 amide bonds. The molecule has 2 rings (SSSR count).